The zero-order valence-corrected chi connectivity index (χ0v) is 17.7. The van der Waals surface area contributed by atoms with Gasteiger partial charge in [0, 0.05) is 11.9 Å². The molecule has 0 unspecified atom stereocenters. The fourth-order valence-electron chi connectivity index (χ4n) is 3.34. The number of amides is 1. The Balaban J connectivity index is 1.63. The topological polar surface area (TPSA) is 90.9 Å². The van der Waals surface area contributed by atoms with Crippen LogP contribution in [0.5, 0.6) is 0 Å². The number of nitrogens with one attached hydrogen (secondary N) is 1. The lowest BCUT2D eigenvalue weighted by molar-refractivity contribution is -0.116. The summed E-state index contributed by atoms with van der Waals surface area (Å²) in [6.07, 6.45) is 2.20. The Morgan fingerprint density at radius 1 is 1.17 bits per heavy atom. The van der Waals surface area contributed by atoms with Gasteiger partial charge in [-0.15, -0.1) is 11.3 Å². The van der Waals surface area contributed by atoms with E-state index < -0.39 is 5.91 Å². The van der Waals surface area contributed by atoms with Gasteiger partial charge in [-0.05, 0) is 31.5 Å². The normalized spacial score (nSPS) is 11.2. The van der Waals surface area contributed by atoms with E-state index in [0.717, 1.165) is 11.3 Å². The highest BCUT2D eigenvalue weighted by molar-refractivity contribution is 7.18. The quantitative estimate of drug-likeness (QED) is 0.534. The monoisotopic (exact) mass is 423 g/mol. The molecule has 4 aromatic rings. The van der Waals surface area contributed by atoms with Crippen molar-refractivity contribution in [2.45, 2.75) is 26.8 Å². The summed E-state index contributed by atoms with van der Waals surface area (Å²) in [7, 11) is 1.75. The van der Waals surface area contributed by atoms with E-state index in [-0.39, 0.29) is 23.4 Å². The molecule has 0 radical (unpaired) electrons. The van der Waals surface area contributed by atoms with E-state index >= 15 is 0 Å². The van der Waals surface area contributed by atoms with Gasteiger partial charge in [0.25, 0.3) is 11.1 Å². The molecule has 1 aromatic carbocycles. The molecule has 0 saturated heterocycles. The summed E-state index contributed by atoms with van der Waals surface area (Å²) in [5, 5.41) is 3.18. The van der Waals surface area contributed by atoms with Crippen LogP contribution in [-0.4, -0.2) is 24.8 Å². The van der Waals surface area contributed by atoms with Gasteiger partial charge >= 0.3 is 0 Å². The fourth-order valence-corrected chi connectivity index (χ4v) is 4.27. The molecule has 9 heteroatoms. The standard InChI is InChI=1S/C21H21N5O3S/c1-4-15-10-16-19(30-15)22-12-25(20(16)28)11-17(27)23-18-13(2)24(3)26(21(18)29)14-8-6-5-7-9-14/h5-10,12H,4,11H2,1-3H3,(H,23,27). The summed E-state index contributed by atoms with van der Waals surface area (Å²) >= 11 is 1.48. The van der Waals surface area contributed by atoms with E-state index in [0.29, 0.717) is 21.6 Å². The Hall–Kier alpha value is -3.46. The maximum atomic E-state index is 12.9. The number of hydrogen-bond donors (Lipinski definition) is 1. The first-order valence-corrected chi connectivity index (χ1v) is 10.3. The molecule has 1 N–H and O–H groups in total. The van der Waals surface area contributed by atoms with Gasteiger partial charge in [-0.2, -0.15) is 0 Å². The van der Waals surface area contributed by atoms with Crippen molar-refractivity contribution < 1.29 is 4.79 Å². The summed E-state index contributed by atoms with van der Waals surface area (Å²) in [5.74, 6) is -0.463. The highest BCUT2D eigenvalue weighted by Crippen LogP contribution is 2.21. The van der Waals surface area contributed by atoms with E-state index in [4.69, 9.17) is 0 Å². The van der Waals surface area contributed by atoms with Gasteiger partial charge in [-0.1, -0.05) is 25.1 Å². The first kappa shape index (κ1) is 19.8. The van der Waals surface area contributed by atoms with E-state index in [1.807, 2.05) is 43.3 Å². The minimum absolute atomic E-state index is 0.192. The molecule has 154 valence electrons. The molecule has 30 heavy (non-hydrogen) atoms. The molecule has 8 nitrogen and oxygen atoms in total. The number of thiophene rings is 1. The lowest BCUT2D eigenvalue weighted by Gasteiger charge is -2.07. The molecule has 0 aliphatic heterocycles. The zero-order valence-electron chi connectivity index (χ0n) is 16.9. The second kappa shape index (κ2) is 7.75. The molecular weight excluding hydrogens is 402 g/mol. The van der Waals surface area contributed by atoms with Crippen LogP contribution in [0, 0.1) is 6.92 Å². The summed E-state index contributed by atoms with van der Waals surface area (Å²) in [6.45, 7) is 3.55. The Kier molecular flexibility index (Phi) is 5.13. The number of para-hydroxylation sites is 1. The van der Waals surface area contributed by atoms with Crippen molar-refractivity contribution in [1.29, 1.82) is 0 Å². The first-order chi connectivity index (χ1) is 14.4. The third kappa shape index (κ3) is 3.37. The smallest absolute Gasteiger partial charge is 0.295 e. The predicted octanol–water partition coefficient (Wildman–Crippen LogP) is 2.46. The number of aromatic nitrogens is 4. The first-order valence-electron chi connectivity index (χ1n) is 9.52. The number of rotatable bonds is 5. The third-order valence-electron chi connectivity index (χ3n) is 5.05. The van der Waals surface area contributed by atoms with Gasteiger partial charge in [0.2, 0.25) is 5.91 Å². The van der Waals surface area contributed by atoms with E-state index in [9.17, 15) is 14.4 Å². The second-order valence-electron chi connectivity index (χ2n) is 6.95. The van der Waals surface area contributed by atoms with Gasteiger partial charge in [-0.3, -0.25) is 23.6 Å². The van der Waals surface area contributed by atoms with Gasteiger partial charge in [0.1, 0.15) is 17.1 Å². The molecule has 1 amide bonds. The molecule has 0 atom stereocenters. The number of aryl methyl sites for hydroxylation is 1. The molecule has 0 saturated carbocycles. The van der Waals surface area contributed by atoms with Crippen LogP contribution in [0.25, 0.3) is 15.9 Å². The summed E-state index contributed by atoms with van der Waals surface area (Å²) in [6, 6.07) is 11.0. The number of nitrogens with zero attached hydrogens (tertiary/aromatic N) is 4. The van der Waals surface area contributed by atoms with Crippen LogP contribution in [0.1, 0.15) is 17.5 Å². The number of fused-ring (bicyclic) bond motifs is 1. The van der Waals surface area contributed by atoms with Gasteiger partial charge in [0.05, 0.1) is 23.1 Å². The molecule has 0 bridgehead atoms. The van der Waals surface area contributed by atoms with Crippen LogP contribution in [0.4, 0.5) is 5.69 Å². The van der Waals surface area contributed by atoms with Gasteiger partial charge < -0.3 is 5.32 Å². The fraction of sp³-hybridized carbons (Fsp3) is 0.238. The number of carbonyl (C=O) groups excluding carboxylic acids is 1. The largest absolute Gasteiger partial charge is 0.318 e. The van der Waals surface area contributed by atoms with E-state index in [1.165, 1.54) is 26.9 Å². The van der Waals surface area contributed by atoms with Crippen molar-refractivity contribution in [3.05, 3.63) is 74.0 Å². The van der Waals surface area contributed by atoms with Crippen molar-refractivity contribution in [1.82, 2.24) is 18.9 Å². The van der Waals surface area contributed by atoms with Crippen molar-refractivity contribution in [2.75, 3.05) is 5.32 Å². The number of anilines is 1. The summed E-state index contributed by atoms with van der Waals surface area (Å²) in [4.78, 5) is 44.3. The van der Waals surface area contributed by atoms with Crippen LogP contribution in [0.15, 0.2) is 52.3 Å². The predicted molar refractivity (Wildman–Crippen MR) is 118 cm³/mol. The minimum Gasteiger partial charge on any atom is -0.318 e. The average molecular weight is 423 g/mol. The van der Waals surface area contributed by atoms with Crippen LogP contribution in [0.3, 0.4) is 0 Å². The average Bonchev–Trinajstić information content (AvgIpc) is 3.26. The SMILES string of the molecule is CCc1cc2c(=O)n(CC(=O)Nc3c(C)n(C)n(-c4ccccc4)c3=O)cnc2s1. The number of hydrogen-bond acceptors (Lipinski definition) is 5. The number of benzene rings is 1. The Bertz CT molecular complexity index is 1360. The van der Waals surface area contributed by atoms with Crippen molar-refractivity contribution in [2.24, 2.45) is 7.05 Å². The maximum Gasteiger partial charge on any atom is 0.295 e. The highest BCUT2D eigenvalue weighted by atomic mass is 32.1. The molecule has 0 fully saturated rings. The maximum absolute atomic E-state index is 12.9. The van der Waals surface area contributed by atoms with Crippen LogP contribution < -0.4 is 16.4 Å². The zero-order chi connectivity index (χ0) is 21.4. The van der Waals surface area contributed by atoms with Gasteiger partial charge in [0.15, 0.2) is 0 Å². The van der Waals surface area contributed by atoms with Crippen molar-refractivity contribution in [3.63, 3.8) is 0 Å². The molecule has 3 heterocycles. The van der Waals surface area contributed by atoms with Crippen LogP contribution in [-0.2, 0) is 24.8 Å². The molecule has 0 aliphatic rings. The van der Waals surface area contributed by atoms with Crippen LogP contribution >= 0.6 is 11.3 Å². The van der Waals surface area contributed by atoms with E-state index in [2.05, 4.69) is 10.3 Å². The molecule has 4 rings (SSSR count). The Morgan fingerprint density at radius 3 is 2.60 bits per heavy atom. The van der Waals surface area contributed by atoms with Crippen LogP contribution in [0.2, 0.25) is 0 Å². The second-order valence-corrected chi connectivity index (χ2v) is 8.06. The molecule has 0 aliphatic carbocycles. The minimum atomic E-state index is -0.463. The van der Waals surface area contributed by atoms with Crippen molar-refractivity contribution in [3.8, 4) is 5.69 Å². The lowest BCUT2D eigenvalue weighted by Crippen LogP contribution is -2.29. The highest BCUT2D eigenvalue weighted by Gasteiger charge is 2.19. The van der Waals surface area contributed by atoms with Gasteiger partial charge in [-0.25, -0.2) is 9.67 Å². The van der Waals surface area contributed by atoms with Crippen molar-refractivity contribution >= 4 is 33.1 Å². The molecular formula is C21H21N5O3S. The molecule has 0 spiro atoms. The molecule has 3 aromatic heterocycles. The Labute approximate surface area is 176 Å². The lowest BCUT2D eigenvalue weighted by atomic mass is 10.3. The summed E-state index contributed by atoms with van der Waals surface area (Å²) < 4.78 is 4.44. The third-order valence-corrected chi connectivity index (χ3v) is 6.24. The number of carbonyl (C=O) groups is 1. The summed E-state index contributed by atoms with van der Waals surface area (Å²) in [5.41, 5.74) is 0.905. The van der Waals surface area contributed by atoms with E-state index in [1.54, 1.807) is 18.7 Å². The Morgan fingerprint density at radius 2 is 1.90 bits per heavy atom.